The fourth-order valence-corrected chi connectivity index (χ4v) is 5.00. The Morgan fingerprint density at radius 3 is 2.06 bits per heavy atom. The number of amides is 1. The zero-order valence-corrected chi connectivity index (χ0v) is 21.3. The largest absolute Gasteiger partial charge is 0.497 e. The standard InChI is InChI=1S/C26H30N2O6S/c1-18-6-13-23(14-7-18)35(30,31)28(20-8-10-21(32-3)11-9-20)17-26(29)27-19(2)24-16-22(33-4)12-15-25(24)34-5/h6-16,19H,17H2,1-5H3,(H,27,29)/t19-/m0/s1. The second kappa shape index (κ2) is 11.1. The van der Waals surface area contributed by atoms with Crippen molar-refractivity contribution in [3.63, 3.8) is 0 Å². The van der Waals surface area contributed by atoms with Crippen molar-refractivity contribution in [1.82, 2.24) is 5.32 Å². The van der Waals surface area contributed by atoms with E-state index in [-0.39, 0.29) is 4.90 Å². The van der Waals surface area contributed by atoms with Gasteiger partial charge in [-0.2, -0.15) is 0 Å². The van der Waals surface area contributed by atoms with Crippen LogP contribution >= 0.6 is 0 Å². The van der Waals surface area contributed by atoms with Crippen LogP contribution in [0, 0.1) is 6.92 Å². The minimum absolute atomic E-state index is 0.0919. The number of carbonyl (C=O) groups excluding carboxylic acids is 1. The van der Waals surface area contributed by atoms with Crippen LogP contribution in [0.1, 0.15) is 24.1 Å². The molecule has 0 aliphatic rings. The van der Waals surface area contributed by atoms with E-state index in [2.05, 4.69) is 5.32 Å². The Bertz CT molecular complexity index is 1260. The van der Waals surface area contributed by atoms with Crippen LogP contribution in [0.15, 0.2) is 71.6 Å². The molecule has 3 rings (SSSR count). The smallest absolute Gasteiger partial charge is 0.264 e. The number of hydrogen-bond donors (Lipinski definition) is 1. The molecule has 1 amide bonds. The highest BCUT2D eigenvalue weighted by molar-refractivity contribution is 7.92. The van der Waals surface area contributed by atoms with Crippen molar-refractivity contribution in [2.75, 3.05) is 32.2 Å². The number of aryl methyl sites for hydroxylation is 1. The number of ether oxygens (including phenoxy) is 3. The second-order valence-corrected chi connectivity index (χ2v) is 9.78. The maximum absolute atomic E-state index is 13.6. The zero-order chi connectivity index (χ0) is 25.6. The number of benzene rings is 3. The predicted molar refractivity (Wildman–Crippen MR) is 135 cm³/mol. The van der Waals surface area contributed by atoms with Gasteiger partial charge in [0.1, 0.15) is 23.8 Å². The number of nitrogens with zero attached hydrogens (tertiary/aromatic N) is 1. The Hall–Kier alpha value is -3.72. The minimum atomic E-state index is -4.02. The number of nitrogens with one attached hydrogen (secondary N) is 1. The van der Waals surface area contributed by atoms with Gasteiger partial charge in [-0.3, -0.25) is 9.10 Å². The number of methoxy groups -OCH3 is 3. The first kappa shape index (κ1) is 25.9. The quantitative estimate of drug-likeness (QED) is 0.452. The molecule has 35 heavy (non-hydrogen) atoms. The van der Waals surface area contributed by atoms with E-state index in [1.54, 1.807) is 75.7 Å². The van der Waals surface area contributed by atoms with Crippen LogP contribution in [0.2, 0.25) is 0 Å². The maximum atomic E-state index is 13.6. The fourth-order valence-electron chi connectivity index (χ4n) is 3.57. The second-order valence-electron chi connectivity index (χ2n) is 7.92. The van der Waals surface area contributed by atoms with Gasteiger partial charge in [-0.1, -0.05) is 17.7 Å². The molecule has 0 saturated carbocycles. The summed E-state index contributed by atoms with van der Waals surface area (Å²) < 4.78 is 44.1. The molecule has 8 nitrogen and oxygen atoms in total. The molecule has 0 aliphatic heterocycles. The third kappa shape index (κ3) is 6.05. The zero-order valence-electron chi connectivity index (χ0n) is 20.4. The van der Waals surface area contributed by atoms with Crippen LogP contribution in [0.4, 0.5) is 5.69 Å². The summed E-state index contributed by atoms with van der Waals surface area (Å²) in [6.45, 7) is 3.25. The lowest BCUT2D eigenvalue weighted by Crippen LogP contribution is -2.41. The average molecular weight is 499 g/mol. The lowest BCUT2D eigenvalue weighted by Gasteiger charge is -2.25. The number of hydrogen-bond acceptors (Lipinski definition) is 6. The van der Waals surface area contributed by atoms with Gasteiger partial charge in [-0.05, 0) is 68.4 Å². The number of sulfonamides is 1. The van der Waals surface area contributed by atoms with Gasteiger partial charge < -0.3 is 19.5 Å². The van der Waals surface area contributed by atoms with Crippen molar-refractivity contribution < 1.29 is 27.4 Å². The molecule has 1 N–H and O–H groups in total. The Morgan fingerprint density at radius 2 is 1.49 bits per heavy atom. The van der Waals surface area contributed by atoms with Crippen LogP contribution in [-0.4, -0.2) is 42.2 Å². The molecule has 0 heterocycles. The Balaban J connectivity index is 1.91. The van der Waals surface area contributed by atoms with Gasteiger partial charge >= 0.3 is 0 Å². The van der Waals surface area contributed by atoms with Crippen molar-refractivity contribution in [2.24, 2.45) is 0 Å². The van der Waals surface area contributed by atoms with Crippen LogP contribution in [0.5, 0.6) is 17.2 Å². The molecule has 9 heteroatoms. The van der Waals surface area contributed by atoms with E-state index in [0.717, 1.165) is 9.87 Å². The highest BCUT2D eigenvalue weighted by atomic mass is 32.2. The first-order valence-electron chi connectivity index (χ1n) is 10.9. The molecule has 0 fully saturated rings. The van der Waals surface area contributed by atoms with Crippen LogP contribution in [0.3, 0.4) is 0 Å². The highest BCUT2D eigenvalue weighted by Crippen LogP contribution is 2.30. The van der Waals surface area contributed by atoms with Crippen molar-refractivity contribution in [3.8, 4) is 17.2 Å². The molecule has 0 unspecified atom stereocenters. The summed E-state index contributed by atoms with van der Waals surface area (Å²) in [6.07, 6.45) is 0. The monoisotopic (exact) mass is 498 g/mol. The first-order chi connectivity index (χ1) is 16.7. The Labute approximate surface area is 206 Å². The Morgan fingerprint density at radius 1 is 0.886 bits per heavy atom. The van der Waals surface area contributed by atoms with Crippen LogP contribution in [-0.2, 0) is 14.8 Å². The summed E-state index contributed by atoms with van der Waals surface area (Å²) in [5, 5.41) is 2.87. The molecular weight excluding hydrogens is 468 g/mol. The topological polar surface area (TPSA) is 94.2 Å². The van der Waals surface area contributed by atoms with Crippen molar-refractivity contribution in [3.05, 3.63) is 77.9 Å². The lowest BCUT2D eigenvalue weighted by molar-refractivity contribution is -0.120. The summed E-state index contributed by atoms with van der Waals surface area (Å²) in [5.74, 6) is 1.29. The number of anilines is 1. The van der Waals surface area contributed by atoms with Gasteiger partial charge in [0, 0.05) is 5.56 Å². The van der Waals surface area contributed by atoms with E-state index >= 15 is 0 Å². The summed E-state index contributed by atoms with van der Waals surface area (Å²) in [4.78, 5) is 13.2. The SMILES string of the molecule is COc1ccc(N(CC(=O)N[C@@H](C)c2cc(OC)ccc2OC)S(=O)(=O)c2ccc(C)cc2)cc1. The summed E-state index contributed by atoms with van der Waals surface area (Å²) in [7, 11) is 0.597. The molecule has 0 spiro atoms. The van der Waals surface area contributed by atoms with Crippen molar-refractivity contribution in [1.29, 1.82) is 0 Å². The van der Waals surface area contributed by atoms with Crippen molar-refractivity contribution >= 4 is 21.6 Å². The molecule has 1 atom stereocenters. The molecule has 3 aromatic rings. The summed E-state index contributed by atoms with van der Waals surface area (Å²) >= 11 is 0. The van der Waals surface area contributed by atoms with E-state index in [1.807, 2.05) is 6.92 Å². The molecule has 0 aliphatic carbocycles. The molecule has 0 aromatic heterocycles. The lowest BCUT2D eigenvalue weighted by atomic mass is 10.1. The molecule has 0 saturated heterocycles. The summed E-state index contributed by atoms with van der Waals surface area (Å²) in [6, 6.07) is 17.8. The van der Waals surface area contributed by atoms with Crippen LogP contribution in [0.25, 0.3) is 0 Å². The van der Waals surface area contributed by atoms with E-state index < -0.39 is 28.5 Å². The van der Waals surface area contributed by atoms with Gasteiger partial charge in [-0.15, -0.1) is 0 Å². The summed E-state index contributed by atoms with van der Waals surface area (Å²) in [5.41, 5.74) is 1.98. The van der Waals surface area contributed by atoms with Gasteiger partial charge in [0.25, 0.3) is 10.0 Å². The average Bonchev–Trinajstić information content (AvgIpc) is 2.87. The maximum Gasteiger partial charge on any atom is 0.264 e. The highest BCUT2D eigenvalue weighted by Gasteiger charge is 2.28. The van der Waals surface area contributed by atoms with Gasteiger partial charge in [0.15, 0.2) is 0 Å². The van der Waals surface area contributed by atoms with Gasteiger partial charge in [0.05, 0.1) is 38.0 Å². The predicted octanol–water partition coefficient (Wildman–Crippen LogP) is 4.09. The molecule has 0 bridgehead atoms. The number of rotatable bonds is 10. The first-order valence-corrected chi connectivity index (χ1v) is 12.4. The third-order valence-corrected chi connectivity index (χ3v) is 7.33. The van der Waals surface area contributed by atoms with Crippen LogP contribution < -0.4 is 23.8 Å². The normalized spacial score (nSPS) is 11.9. The fraction of sp³-hybridized carbons (Fsp3) is 0.269. The Kier molecular flexibility index (Phi) is 8.24. The van der Waals surface area contributed by atoms with E-state index in [0.29, 0.717) is 28.5 Å². The molecule has 186 valence electrons. The van der Waals surface area contributed by atoms with Gasteiger partial charge in [0.2, 0.25) is 5.91 Å². The van der Waals surface area contributed by atoms with Gasteiger partial charge in [-0.25, -0.2) is 8.42 Å². The molecule has 0 radical (unpaired) electrons. The third-order valence-electron chi connectivity index (χ3n) is 5.54. The van der Waals surface area contributed by atoms with E-state index in [1.165, 1.54) is 19.2 Å². The van der Waals surface area contributed by atoms with E-state index in [9.17, 15) is 13.2 Å². The van der Waals surface area contributed by atoms with Crippen molar-refractivity contribution in [2.45, 2.75) is 24.8 Å². The molecular formula is C26H30N2O6S. The number of carbonyl (C=O) groups is 1. The minimum Gasteiger partial charge on any atom is -0.497 e. The van der Waals surface area contributed by atoms with E-state index in [4.69, 9.17) is 14.2 Å². The molecule has 3 aromatic carbocycles.